The fraction of sp³-hybridized carbons (Fsp3) is 0.500. The van der Waals surface area contributed by atoms with Gasteiger partial charge >= 0.3 is 5.97 Å². The highest BCUT2D eigenvalue weighted by Gasteiger charge is 2.47. The monoisotopic (exact) mass is 325 g/mol. The van der Waals surface area contributed by atoms with Crippen LogP contribution in [0.25, 0.3) is 0 Å². The molecule has 2 fully saturated rings. The minimum Gasteiger partial charge on any atom is -0.481 e. The number of carbonyl (C=O) groups excluding carboxylic acids is 1. The summed E-state index contributed by atoms with van der Waals surface area (Å²) in [7, 11) is 0. The molecule has 7 heteroatoms. The second kappa shape index (κ2) is 6.23. The van der Waals surface area contributed by atoms with E-state index in [2.05, 4.69) is 0 Å². The molecular formula is C16H17F2NO4. The molecule has 0 radical (unpaired) electrons. The molecule has 1 aromatic rings. The summed E-state index contributed by atoms with van der Waals surface area (Å²) in [6, 6.07) is 3.99. The van der Waals surface area contributed by atoms with Crippen molar-refractivity contribution < 1.29 is 28.2 Å². The molecule has 124 valence electrons. The van der Waals surface area contributed by atoms with Crippen molar-refractivity contribution in [3.63, 3.8) is 0 Å². The van der Waals surface area contributed by atoms with E-state index in [4.69, 9.17) is 9.84 Å². The van der Waals surface area contributed by atoms with Crippen LogP contribution in [0.1, 0.15) is 24.3 Å². The number of rotatable bonds is 4. The molecule has 1 aromatic carbocycles. The number of halogens is 2. The summed E-state index contributed by atoms with van der Waals surface area (Å²) in [6.07, 6.45) is -0.190. The van der Waals surface area contributed by atoms with Gasteiger partial charge in [-0.3, -0.25) is 9.59 Å². The molecule has 1 amide bonds. The van der Waals surface area contributed by atoms with Gasteiger partial charge in [0.25, 0.3) is 0 Å². The second-order valence-electron chi connectivity index (χ2n) is 5.97. The summed E-state index contributed by atoms with van der Waals surface area (Å²) in [4.78, 5) is 24.8. The lowest BCUT2D eigenvalue weighted by molar-refractivity contribution is -0.148. The predicted octanol–water partition coefficient (Wildman–Crippen LogP) is 1.77. The molecule has 3 atom stereocenters. The average molecular weight is 325 g/mol. The Kier molecular flexibility index (Phi) is 4.30. The highest BCUT2D eigenvalue weighted by Crippen LogP contribution is 2.49. The van der Waals surface area contributed by atoms with E-state index in [1.54, 1.807) is 4.90 Å². The summed E-state index contributed by atoms with van der Waals surface area (Å²) in [6.45, 7) is 0.902. The van der Waals surface area contributed by atoms with Crippen molar-refractivity contribution in [1.29, 1.82) is 0 Å². The third kappa shape index (κ3) is 3.34. The zero-order valence-corrected chi connectivity index (χ0v) is 12.4. The number of aliphatic carboxylic acids is 1. The first-order valence-electron chi connectivity index (χ1n) is 7.53. The van der Waals surface area contributed by atoms with Gasteiger partial charge in [-0.15, -0.1) is 0 Å². The lowest BCUT2D eigenvalue weighted by Gasteiger charge is -2.32. The van der Waals surface area contributed by atoms with Gasteiger partial charge in [0.1, 0.15) is 0 Å². The molecule has 0 bridgehead atoms. The number of carboxylic acids is 1. The van der Waals surface area contributed by atoms with Gasteiger partial charge < -0.3 is 14.7 Å². The Morgan fingerprint density at radius 1 is 1.35 bits per heavy atom. The summed E-state index contributed by atoms with van der Waals surface area (Å²) in [5, 5.41) is 8.80. The molecule has 0 unspecified atom stereocenters. The first-order valence-corrected chi connectivity index (χ1v) is 7.53. The topological polar surface area (TPSA) is 66.8 Å². The number of amides is 1. The summed E-state index contributed by atoms with van der Waals surface area (Å²) in [5.74, 6) is -3.59. The van der Waals surface area contributed by atoms with Gasteiger partial charge in [0.05, 0.1) is 19.1 Å². The van der Waals surface area contributed by atoms with Crippen LogP contribution in [0.15, 0.2) is 18.2 Å². The largest absolute Gasteiger partial charge is 0.481 e. The van der Waals surface area contributed by atoms with Gasteiger partial charge in [0.2, 0.25) is 5.91 Å². The van der Waals surface area contributed by atoms with Crippen molar-refractivity contribution in [2.45, 2.75) is 24.9 Å². The average Bonchev–Trinajstić information content (AvgIpc) is 3.29. The third-order valence-corrected chi connectivity index (χ3v) is 4.34. The molecule has 2 aliphatic rings. The molecule has 1 N–H and O–H groups in total. The minimum absolute atomic E-state index is 0.141. The van der Waals surface area contributed by atoms with E-state index in [-0.39, 0.29) is 42.9 Å². The fourth-order valence-corrected chi connectivity index (χ4v) is 3.09. The second-order valence-corrected chi connectivity index (χ2v) is 5.97. The predicted molar refractivity (Wildman–Crippen MR) is 75.8 cm³/mol. The lowest BCUT2D eigenvalue weighted by Crippen LogP contribution is -2.47. The van der Waals surface area contributed by atoms with Crippen LogP contribution in [0.5, 0.6) is 0 Å². The highest BCUT2D eigenvalue weighted by atomic mass is 19.2. The zero-order chi connectivity index (χ0) is 16.6. The molecule has 1 aliphatic heterocycles. The van der Waals surface area contributed by atoms with Crippen LogP contribution in [0.2, 0.25) is 0 Å². The van der Waals surface area contributed by atoms with E-state index in [1.807, 2.05) is 0 Å². The summed E-state index contributed by atoms with van der Waals surface area (Å²) >= 11 is 0. The quantitative estimate of drug-likeness (QED) is 0.916. The van der Waals surface area contributed by atoms with Gasteiger partial charge in [-0.2, -0.15) is 0 Å². The van der Waals surface area contributed by atoms with E-state index >= 15 is 0 Å². The molecule has 0 aromatic heterocycles. The van der Waals surface area contributed by atoms with E-state index in [0.29, 0.717) is 13.0 Å². The molecule has 1 heterocycles. The van der Waals surface area contributed by atoms with Crippen LogP contribution in [-0.2, 0) is 14.3 Å². The number of carbonyl (C=O) groups is 2. The SMILES string of the molecule is O=C(O)C[C@@H]1CN(C(=O)[C@H]2C[C@H]2c2cccc(F)c2F)CCO1. The van der Waals surface area contributed by atoms with Crippen LogP contribution in [0.4, 0.5) is 8.78 Å². The number of hydrogen-bond acceptors (Lipinski definition) is 3. The van der Waals surface area contributed by atoms with Gasteiger partial charge in [0.15, 0.2) is 11.6 Å². The maximum absolute atomic E-state index is 13.8. The molecule has 5 nitrogen and oxygen atoms in total. The Bertz CT molecular complexity index is 637. The van der Waals surface area contributed by atoms with E-state index in [1.165, 1.54) is 12.1 Å². The number of carboxylic acid groups (broad SMARTS) is 1. The van der Waals surface area contributed by atoms with Crippen molar-refractivity contribution in [1.82, 2.24) is 4.90 Å². The summed E-state index contributed by atoms with van der Waals surface area (Å²) < 4.78 is 32.4. The van der Waals surface area contributed by atoms with Crippen LogP contribution < -0.4 is 0 Å². The van der Waals surface area contributed by atoms with Crippen molar-refractivity contribution >= 4 is 11.9 Å². The zero-order valence-electron chi connectivity index (χ0n) is 12.4. The molecule has 1 saturated carbocycles. The first kappa shape index (κ1) is 15.9. The lowest BCUT2D eigenvalue weighted by atomic mass is 10.1. The molecule has 23 heavy (non-hydrogen) atoms. The minimum atomic E-state index is -0.976. The van der Waals surface area contributed by atoms with E-state index in [9.17, 15) is 18.4 Å². The van der Waals surface area contributed by atoms with E-state index < -0.39 is 23.7 Å². The smallest absolute Gasteiger partial charge is 0.306 e. The van der Waals surface area contributed by atoms with Crippen molar-refractivity contribution in [3.8, 4) is 0 Å². The van der Waals surface area contributed by atoms with Gasteiger partial charge in [-0.25, -0.2) is 8.78 Å². The number of benzene rings is 1. The van der Waals surface area contributed by atoms with Crippen molar-refractivity contribution in [2.24, 2.45) is 5.92 Å². The number of morpholine rings is 1. The van der Waals surface area contributed by atoms with Gasteiger partial charge in [-0.1, -0.05) is 12.1 Å². The number of ether oxygens (including phenoxy) is 1. The highest BCUT2D eigenvalue weighted by molar-refractivity contribution is 5.83. The van der Waals surface area contributed by atoms with Gasteiger partial charge in [-0.05, 0) is 24.0 Å². The Morgan fingerprint density at radius 3 is 2.87 bits per heavy atom. The Balaban J connectivity index is 1.63. The fourth-order valence-electron chi connectivity index (χ4n) is 3.09. The van der Waals surface area contributed by atoms with E-state index in [0.717, 1.165) is 6.07 Å². The summed E-state index contributed by atoms with van der Waals surface area (Å²) in [5.41, 5.74) is 0.235. The Hall–Kier alpha value is -2.02. The molecular weight excluding hydrogens is 308 g/mol. The maximum atomic E-state index is 13.8. The molecule has 0 spiro atoms. The Morgan fingerprint density at radius 2 is 2.13 bits per heavy atom. The van der Waals surface area contributed by atoms with Crippen LogP contribution in [0.3, 0.4) is 0 Å². The first-order chi connectivity index (χ1) is 11.0. The Labute approximate surface area is 131 Å². The van der Waals surface area contributed by atoms with Crippen molar-refractivity contribution in [3.05, 3.63) is 35.4 Å². The third-order valence-electron chi connectivity index (χ3n) is 4.34. The molecule has 3 rings (SSSR count). The van der Waals surface area contributed by atoms with Crippen LogP contribution >= 0.6 is 0 Å². The standard InChI is InChI=1S/C16H17F2NO4/c17-13-3-1-2-10(15(13)18)11-7-12(11)16(22)19-4-5-23-9(8-19)6-14(20)21/h1-3,9,11-12H,4-8H2,(H,20,21)/t9-,11+,12+/m1/s1. The van der Waals surface area contributed by atoms with Gasteiger partial charge in [0, 0.05) is 19.0 Å². The number of hydrogen-bond donors (Lipinski definition) is 1. The maximum Gasteiger partial charge on any atom is 0.306 e. The van der Waals surface area contributed by atoms with Crippen molar-refractivity contribution in [2.75, 3.05) is 19.7 Å². The van der Waals surface area contributed by atoms with Crippen LogP contribution in [-0.4, -0.2) is 47.7 Å². The normalized spacial score (nSPS) is 26.9. The number of nitrogens with zero attached hydrogens (tertiary/aromatic N) is 1. The molecule has 1 saturated heterocycles. The molecule has 1 aliphatic carbocycles. The van der Waals surface area contributed by atoms with Crippen LogP contribution in [0, 0.1) is 17.6 Å².